The van der Waals surface area contributed by atoms with Crippen LogP contribution in [0.3, 0.4) is 0 Å². The largest absolute Gasteiger partial charge is 0.365 e. The van der Waals surface area contributed by atoms with Gasteiger partial charge in [0.2, 0.25) is 5.91 Å². The van der Waals surface area contributed by atoms with Crippen molar-refractivity contribution in [3.05, 3.63) is 51.9 Å². The molecule has 6 nitrogen and oxygen atoms in total. The van der Waals surface area contributed by atoms with E-state index in [2.05, 4.69) is 10.00 Å². The van der Waals surface area contributed by atoms with E-state index in [1.165, 1.54) is 11.1 Å². The minimum absolute atomic E-state index is 0.172. The summed E-state index contributed by atoms with van der Waals surface area (Å²) in [6.07, 6.45) is 7.26. The summed E-state index contributed by atoms with van der Waals surface area (Å²) in [5, 5.41) is 4.48. The number of nitrogens with zero attached hydrogens (tertiary/aromatic N) is 4. The molecule has 4 rings (SSSR count). The molecule has 2 heterocycles. The summed E-state index contributed by atoms with van der Waals surface area (Å²) in [5.41, 5.74) is 0.999. The van der Waals surface area contributed by atoms with Gasteiger partial charge in [0.15, 0.2) is 0 Å². The van der Waals surface area contributed by atoms with Gasteiger partial charge < -0.3 is 9.80 Å². The molecule has 0 unspecified atom stereocenters. The lowest BCUT2D eigenvalue weighted by atomic mass is 9.88. The number of carbonyl (C=O) groups excluding carboxylic acids is 1. The van der Waals surface area contributed by atoms with Gasteiger partial charge in [-0.2, -0.15) is 9.78 Å². The molecule has 1 aromatic carbocycles. The number of hydrogen-bond donors (Lipinski definition) is 0. The highest BCUT2D eigenvalue weighted by molar-refractivity contribution is 6.33. The number of anilines is 1. The van der Waals surface area contributed by atoms with E-state index in [0.717, 1.165) is 25.7 Å². The van der Waals surface area contributed by atoms with Crippen LogP contribution in [-0.2, 0) is 4.79 Å². The zero-order valence-corrected chi connectivity index (χ0v) is 16.6. The number of para-hydroxylation sites is 1. The minimum Gasteiger partial charge on any atom is -0.365 e. The summed E-state index contributed by atoms with van der Waals surface area (Å²) in [4.78, 5) is 29.4. The van der Waals surface area contributed by atoms with Gasteiger partial charge in [-0.3, -0.25) is 9.59 Å². The van der Waals surface area contributed by atoms with Gasteiger partial charge in [-0.1, -0.05) is 49.1 Å². The summed E-state index contributed by atoms with van der Waals surface area (Å²) >= 11 is 6.41. The standard InChI is InChI=1S/C21H25ClN4O2/c22-19-18(15-23-26(21(19)28)17-9-5-2-6-10-17)24-11-13-25(14-12-24)20(27)16-7-3-1-4-8-16/h2,5-6,9-10,15-16H,1,3-4,7-8,11-14H2. The average Bonchev–Trinajstić information content (AvgIpc) is 2.76. The van der Waals surface area contributed by atoms with Crippen molar-refractivity contribution < 1.29 is 4.79 Å². The molecule has 2 aromatic rings. The molecule has 0 radical (unpaired) electrons. The second-order valence-corrected chi connectivity index (χ2v) is 7.92. The van der Waals surface area contributed by atoms with Crippen LogP contribution in [0, 0.1) is 5.92 Å². The van der Waals surface area contributed by atoms with Gasteiger partial charge in [0, 0.05) is 32.1 Å². The topological polar surface area (TPSA) is 58.4 Å². The molecule has 28 heavy (non-hydrogen) atoms. The Labute approximate surface area is 169 Å². The Balaban J connectivity index is 1.45. The van der Waals surface area contributed by atoms with Crippen molar-refractivity contribution in [3.8, 4) is 5.69 Å². The Hall–Kier alpha value is -2.34. The minimum atomic E-state index is -0.328. The highest BCUT2D eigenvalue weighted by atomic mass is 35.5. The van der Waals surface area contributed by atoms with Crippen LogP contribution in [0.25, 0.3) is 5.69 Å². The maximum atomic E-state index is 12.7. The fourth-order valence-corrected chi connectivity index (χ4v) is 4.42. The Kier molecular flexibility index (Phi) is 5.67. The molecule has 1 aromatic heterocycles. The van der Waals surface area contributed by atoms with Crippen molar-refractivity contribution in [3.63, 3.8) is 0 Å². The van der Waals surface area contributed by atoms with Gasteiger partial charge in [0.05, 0.1) is 17.6 Å². The molecule has 148 valence electrons. The van der Waals surface area contributed by atoms with E-state index < -0.39 is 0 Å². The van der Waals surface area contributed by atoms with Crippen molar-refractivity contribution in [1.29, 1.82) is 0 Å². The molecule has 1 saturated carbocycles. The quantitative estimate of drug-likeness (QED) is 0.794. The molecule has 0 atom stereocenters. The number of piperazine rings is 1. The fraction of sp³-hybridized carbons (Fsp3) is 0.476. The smallest absolute Gasteiger partial charge is 0.292 e. The maximum Gasteiger partial charge on any atom is 0.292 e. The molecular weight excluding hydrogens is 376 g/mol. The first-order valence-electron chi connectivity index (χ1n) is 10.0. The molecular formula is C21H25ClN4O2. The number of hydrogen-bond acceptors (Lipinski definition) is 4. The van der Waals surface area contributed by atoms with E-state index in [4.69, 9.17) is 11.6 Å². The third-order valence-corrected chi connectivity index (χ3v) is 6.14. The second-order valence-electron chi connectivity index (χ2n) is 7.54. The summed E-state index contributed by atoms with van der Waals surface area (Å²) in [7, 11) is 0. The first-order valence-corrected chi connectivity index (χ1v) is 10.4. The lowest BCUT2D eigenvalue weighted by molar-refractivity contribution is -0.136. The maximum absolute atomic E-state index is 12.7. The highest BCUT2D eigenvalue weighted by Gasteiger charge is 2.29. The molecule has 1 saturated heterocycles. The zero-order valence-electron chi connectivity index (χ0n) is 15.9. The molecule has 0 spiro atoms. The second kappa shape index (κ2) is 8.35. The van der Waals surface area contributed by atoms with Crippen molar-refractivity contribution >= 4 is 23.2 Å². The number of benzene rings is 1. The molecule has 0 bridgehead atoms. The Morgan fingerprint density at radius 2 is 1.68 bits per heavy atom. The van der Waals surface area contributed by atoms with Crippen molar-refractivity contribution in [2.75, 3.05) is 31.1 Å². The van der Waals surface area contributed by atoms with Gasteiger partial charge in [-0.15, -0.1) is 0 Å². The first kappa shape index (κ1) is 19.0. The number of amides is 1. The predicted octanol–water partition coefficient (Wildman–Crippen LogP) is 3.11. The van der Waals surface area contributed by atoms with Crippen molar-refractivity contribution in [2.24, 2.45) is 5.92 Å². The van der Waals surface area contributed by atoms with Crippen LogP contribution >= 0.6 is 11.6 Å². The van der Waals surface area contributed by atoms with Crippen LogP contribution in [0.15, 0.2) is 41.3 Å². The van der Waals surface area contributed by atoms with E-state index in [9.17, 15) is 9.59 Å². The summed E-state index contributed by atoms with van der Waals surface area (Å²) < 4.78 is 1.31. The summed E-state index contributed by atoms with van der Waals surface area (Å²) in [6, 6.07) is 9.24. The Morgan fingerprint density at radius 1 is 1.00 bits per heavy atom. The third-order valence-electron chi connectivity index (χ3n) is 5.79. The Morgan fingerprint density at radius 3 is 2.36 bits per heavy atom. The third kappa shape index (κ3) is 3.78. The number of carbonyl (C=O) groups is 1. The van der Waals surface area contributed by atoms with Crippen molar-refractivity contribution in [2.45, 2.75) is 32.1 Å². The molecule has 1 amide bonds. The molecule has 7 heteroatoms. The molecule has 2 aliphatic rings. The van der Waals surface area contributed by atoms with E-state index in [1.807, 2.05) is 35.2 Å². The number of halogens is 1. The molecule has 1 aliphatic heterocycles. The van der Waals surface area contributed by atoms with Crippen LogP contribution in [0.4, 0.5) is 5.69 Å². The average molecular weight is 401 g/mol. The number of aromatic nitrogens is 2. The Bertz CT molecular complexity index is 885. The summed E-state index contributed by atoms with van der Waals surface area (Å²) in [5.74, 6) is 0.489. The molecule has 0 N–H and O–H groups in total. The highest BCUT2D eigenvalue weighted by Crippen LogP contribution is 2.27. The predicted molar refractivity (Wildman–Crippen MR) is 110 cm³/mol. The van der Waals surface area contributed by atoms with E-state index in [1.54, 1.807) is 6.20 Å². The fourth-order valence-electron chi connectivity index (χ4n) is 4.17. The lowest BCUT2D eigenvalue weighted by Gasteiger charge is -2.38. The normalized spacial score (nSPS) is 18.3. The monoisotopic (exact) mass is 400 g/mol. The van der Waals surface area contributed by atoms with Gasteiger partial charge in [-0.05, 0) is 25.0 Å². The first-order chi connectivity index (χ1) is 13.6. The van der Waals surface area contributed by atoms with Gasteiger partial charge in [0.1, 0.15) is 5.02 Å². The molecule has 2 fully saturated rings. The SMILES string of the molecule is O=C(C1CCCCC1)N1CCN(c2cnn(-c3ccccc3)c(=O)c2Cl)CC1. The van der Waals surface area contributed by atoms with E-state index >= 15 is 0 Å². The van der Waals surface area contributed by atoms with Crippen LogP contribution in [0.2, 0.25) is 5.02 Å². The van der Waals surface area contributed by atoms with Crippen LogP contribution < -0.4 is 10.5 Å². The van der Waals surface area contributed by atoms with Crippen LogP contribution in [0.5, 0.6) is 0 Å². The molecule has 1 aliphatic carbocycles. The van der Waals surface area contributed by atoms with E-state index in [-0.39, 0.29) is 16.5 Å². The van der Waals surface area contributed by atoms with Crippen molar-refractivity contribution in [1.82, 2.24) is 14.7 Å². The lowest BCUT2D eigenvalue weighted by Crippen LogP contribution is -2.51. The summed E-state index contributed by atoms with van der Waals surface area (Å²) in [6.45, 7) is 2.64. The van der Waals surface area contributed by atoms with Crippen LogP contribution in [0.1, 0.15) is 32.1 Å². The van der Waals surface area contributed by atoms with E-state index in [0.29, 0.717) is 43.5 Å². The van der Waals surface area contributed by atoms with Gasteiger partial charge >= 0.3 is 0 Å². The van der Waals surface area contributed by atoms with Gasteiger partial charge in [0.25, 0.3) is 5.56 Å². The van der Waals surface area contributed by atoms with Crippen LogP contribution in [-0.4, -0.2) is 46.8 Å². The van der Waals surface area contributed by atoms with Gasteiger partial charge in [-0.25, -0.2) is 0 Å². The number of rotatable bonds is 3. The zero-order chi connectivity index (χ0) is 19.5.